The van der Waals surface area contributed by atoms with Crippen molar-refractivity contribution in [2.24, 2.45) is 0 Å². The lowest BCUT2D eigenvalue weighted by molar-refractivity contribution is 0.102. The van der Waals surface area contributed by atoms with Gasteiger partial charge in [0.15, 0.2) is 0 Å². The molecular weight excluding hydrogens is 398 g/mol. The van der Waals surface area contributed by atoms with Gasteiger partial charge >= 0.3 is 6.01 Å². The van der Waals surface area contributed by atoms with Gasteiger partial charge in [-0.25, -0.2) is 0 Å². The lowest BCUT2D eigenvalue weighted by Gasteiger charge is -2.03. The molecule has 0 unspecified atom stereocenters. The Kier molecular flexibility index (Phi) is 4.68. The number of benzene rings is 1. The standard InChI is InChI=1S/C15H13BrClN5O2/c1-8(2)22-6-5-12(21-22)14-19-20-15(24-14)18-13(23)10-7-9(16)3-4-11(10)17/h3-8H,1-2H3,(H,18,20,23). The number of nitrogens with zero attached hydrogens (tertiary/aromatic N) is 4. The van der Waals surface area contributed by atoms with Crippen LogP contribution in [0.3, 0.4) is 0 Å². The van der Waals surface area contributed by atoms with Gasteiger partial charge in [-0.3, -0.25) is 14.8 Å². The van der Waals surface area contributed by atoms with Gasteiger partial charge in [-0.05, 0) is 38.1 Å². The summed E-state index contributed by atoms with van der Waals surface area (Å²) in [5.41, 5.74) is 0.840. The molecule has 0 saturated heterocycles. The number of nitrogens with one attached hydrogen (secondary N) is 1. The zero-order valence-corrected chi connectivity index (χ0v) is 15.2. The summed E-state index contributed by atoms with van der Waals surface area (Å²) in [7, 11) is 0. The second-order valence-electron chi connectivity index (χ2n) is 5.27. The minimum absolute atomic E-state index is 0.0230. The van der Waals surface area contributed by atoms with Crippen LogP contribution in [0.1, 0.15) is 30.2 Å². The third-order valence-corrected chi connectivity index (χ3v) is 4.00. The van der Waals surface area contributed by atoms with E-state index in [2.05, 4.69) is 36.5 Å². The van der Waals surface area contributed by atoms with Gasteiger partial charge in [-0.1, -0.05) is 32.6 Å². The molecule has 2 heterocycles. The second-order valence-corrected chi connectivity index (χ2v) is 6.59. The summed E-state index contributed by atoms with van der Waals surface area (Å²) < 4.78 is 7.96. The Labute approximate surface area is 151 Å². The molecule has 2 aromatic heterocycles. The molecule has 0 fully saturated rings. The summed E-state index contributed by atoms with van der Waals surface area (Å²) in [6.45, 7) is 4.02. The Morgan fingerprint density at radius 2 is 2.12 bits per heavy atom. The molecule has 0 bridgehead atoms. The molecular formula is C15H13BrClN5O2. The second kappa shape index (κ2) is 6.74. The number of halogens is 2. The molecule has 124 valence electrons. The highest BCUT2D eigenvalue weighted by molar-refractivity contribution is 9.10. The van der Waals surface area contributed by atoms with Crippen LogP contribution in [-0.4, -0.2) is 25.9 Å². The first-order valence-electron chi connectivity index (χ1n) is 7.09. The molecule has 1 amide bonds. The zero-order valence-electron chi connectivity index (χ0n) is 12.8. The molecule has 0 spiro atoms. The fourth-order valence-electron chi connectivity index (χ4n) is 1.95. The van der Waals surface area contributed by atoms with Crippen molar-refractivity contribution in [2.75, 3.05) is 5.32 Å². The average molecular weight is 411 g/mol. The number of rotatable bonds is 4. The lowest BCUT2D eigenvalue weighted by atomic mass is 10.2. The molecule has 24 heavy (non-hydrogen) atoms. The molecule has 0 aliphatic rings. The van der Waals surface area contributed by atoms with E-state index in [1.165, 1.54) is 0 Å². The van der Waals surface area contributed by atoms with Crippen molar-refractivity contribution in [1.29, 1.82) is 0 Å². The van der Waals surface area contributed by atoms with Gasteiger partial charge < -0.3 is 4.42 Å². The van der Waals surface area contributed by atoms with Crippen LogP contribution in [0.4, 0.5) is 6.01 Å². The Balaban J connectivity index is 1.78. The monoisotopic (exact) mass is 409 g/mol. The average Bonchev–Trinajstić information content (AvgIpc) is 3.18. The quantitative estimate of drug-likeness (QED) is 0.697. The first kappa shape index (κ1) is 16.7. The van der Waals surface area contributed by atoms with E-state index < -0.39 is 5.91 Å². The summed E-state index contributed by atoms with van der Waals surface area (Å²) in [5.74, 6) is -0.214. The first-order chi connectivity index (χ1) is 11.4. The number of carbonyl (C=O) groups excluding carboxylic acids is 1. The first-order valence-corrected chi connectivity index (χ1v) is 8.26. The number of anilines is 1. The van der Waals surface area contributed by atoms with Crippen LogP contribution >= 0.6 is 27.5 Å². The predicted molar refractivity (Wildman–Crippen MR) is 93.0 cm³/mol. The zero-order chi connectivity index (χ0) is 17.3. The maximum absolute atomic E-state index is 12.3. The van der Waals surface area contributed by atoms with Crippen LogP contribution in [0.5, 0.6) is 0 Å². The topological polar surface area (TPSA) is 85.8 Å². The summed E-state index contributed by atoms with van der Waals surface area (Å²) in [5, 5.41) is 14.9. The SMILES string of the molecule is CC(C)n1ccc(-c2nnc(NC(=O)c3cc(Br)ccc3Cl)o2)n1. The van der Waals surface area contributed by atoms with Crippen LogP contribution in [0.15, 0.2) is 39.4 Å². The molecule has 0 atom stereocenters. The minimum atomic E-state index is -0.441. The number of hydrogen-bond acceptors (Lipinski definition) is 5. The van der Waals surface area contributed by atoms with Gasteiger partial charge in [0, 0.05) is 16.7 Å². The number of aromatic nitrogens is 4. The number of carbonyl (C=O) groups is 1. The molecule has 9 heteroatoms. The molecule has 3 rings (SSSR count). The normalized spacial score (nSPS) is 11.0. The van der Waals surface area contributed by atoms with Crippen molar-refractivity contribution in [1.82, 2.24) is 20.0 Å². The number of hydrogen-bond donors (Lipinski definition) is 1. The number of amides is 1. The van der Waals surface area contributed by atoms with Gasteiger partial charge in [-0.15, -0.1) is 5.10 Å². The fraction of sp³-hybridized carbons (Fsp3) is 0.200. The van der Waals surface area contributed by atoms with E-state index in [0.29, 0.717) is 16.3 Å². The van der Waals surface area contributed by atoms with Crippen LogP contribution < -0.4 is 5.32 Å². The predicted octanol–water partition coefficient (Wildman–Crippen LogP) is 4.18. The third kappa shape index (κ3) is 3.49. The molecule has 1 aromatic carbocycles. The van der Waals surface area contributed by atoms with Crippen molar-refractivity contribution in [3.05, 3.63) is 45.5 Å². The van der Waals surface area contributed by atoms with Crippen LogP contribution in [0, 0.1) is 0 Å². The molecule has 0 aliphatic carbocycles. The molecule has 0 saturated carbocycles. The van der Waals surface area contributed by atoms with Crippen molar-refractivity contribution >= 4 is 39.5 Å². The van der Waals surface area contributed by atoms with Crippen LogP contribution in [0.25, 0.3) is 11.6 Å². The van der Waals surface area contributed by atoms with E-state index in [9.17, 15) is 4.79 Å². The van der Waals surface area contributed by atoms with Crippen molar-refractivity contribution in [2.45, 2.75) is 19.9 Å². The Morgan fingerprint density at radius 3 is 2.83 bits per heavy atom. The molecule has 7 nitrogen and oxygen atoms in total. The highest BCUT2D eigenvalue weighted by Crippen LogP contribution is 2.23. The summed E-state index contributed by atoms with van der Waals surface area (Å²) >= 11 is 9.33. The van der Waals surface area contributed by atoms with Gasteiger partial charge in [0.1, 0.15) is 5.69 Å². The van der Waals surface area contributed by atoms with Gasteiger partial charge in [0.2, 0.25) is 0 Å². The molecule has 0 aliphatic heterocycles. The smallest absolute Gasteiger partial charge is 0.322 e. The summed E-state index contributed by atoms with van der Waals surface area (Å²) in [4.78, 5) is 12.3. The van der Waals surface area contributed by atoms with E-state index >= 15 is 0 Å². The minimum Gasteiger partial charge on any atom is -0.401 e. The van der Waals surface area contributed by atoms with E-state index in [4.69, 9.17) is 16.0 Å². The summed E-state index contributed by atoms with van der Waals surface area (Å²) in [6.07, 6.45) is 1.82. The lowest BCUT2D eigenvalue weighted by Crippen LogP contribution is -2.12. The van der Waals surface area contributed by atoms with Crippen molar-refractivity contribution in [3.8, 4) is 11.6 Å². The molecule has 3 aromatic rings. The van der Waals surface area contributed by atoms with Gasteiger partial charge in [0.25, 0.3) is 11.8 Å². The van der Waals surface area contributed by atoms with E-state index in [-0.39, 0.29) is 17.9 Å². The summed E-state index contributed by atoms with van der Waals surface area (Å²) in [6, 6.07) is 6.95. The highest BCUT2D eigenvalue weighted by atomic mass is 79.9. The van der Waals surface area contributed by atoms with Gasteiger partial charge in [-0.2, -0.15) is 5.10 Å². The Hall–Kier alpha value is -2.19. The van der Waals surface area contributed by atoms with Gasteiger partial charge in [0.05, 0.1) is 10.6 Å². The largest absolute Gasteiger partial charge is 0.401 e. The van der Waals surface area contributed by atoms with Crippen LogP contribution in [-0.2, 0) is 0 Å². The van der Waals surface area contributed by atoms with E-state index in [0.717, 1.165) is 4.47 Å². The van der Waals surface area contributed by atoms with Crippen LogP contribution in [0.2, 0.25) is 5.02 Å². The maximum Gasteiger partial charge on any atom is 0.322 e. The Bertz CT molecular complexity index is 890. The molecule has 1 N–H and O–H groups in total. The van der Waals surface area contributed by atoms with E-state index in [1.54, 1.807) is 28.9 Å². The Morgan fingerprint density at radius 1 is 1.33 bits per heavy atom. The van der Waals surface area contributed by atoms with E-state index in [1.807, 2.05) is 20.0 Å². The third-order valence-electron chi connectivity index (χ3n) is 3.18. The van der Waals surface area contributed by atoms with Crippen molar-refractivity contribution < 1.29 is 9.21 Å². The fourth-order valence-corrected chi connectivity index (χ4v) is 2.52. The highest BCUT2D eigenvalue weighted by Gasteiger charge is 2.17. The molecule has 0 radical (unpaired) electrons. The maximum atomic E-state index is 12.3. The van der Waals surface area contributed by atoms with Crippen molar-refractivity contribution in [3.63, 3.8) is 0 Å².